The highest BCUT2D eigenvalue weighted by atomic mass is 16.6. The molecule has 0 aromatic heterocycles. The monoisotopic (exact) mass is 228 g/mol. The van der Waals surface area contributed by atoms with Gasteiger partial charge in [0.05, 0.1) is 6.61 Å². The van der Waals surface area contributed by atoms with Crippen molar-refractivity contribution in [2.75, 3.05) is 26.4 Å². The fourth-order valence-electron chi connectivity index (χ4n) is 1.30. The first-order valence-corrected chi connectivity index (χ1v) is 5.76. The summed E-state index contributed by atoms with van der Waals surface area (Å²) in [6, 6.07) is 0. The average molecular weight is 228 g/mol. The summed E-state index contributed by atoms with van der Waals surface area (Å²) in [5, 5.41) is 9.06. The van der Waals surface area contributed by atoms with Crippen LogP contribution in [0, 0.1) is 10.8 Å². The van der Waals surface area contributed by atoms with Gasteiger partial charge in [0.15, 0.2) is 0 Å². The van der Waals surface area contributed by atoms with E-state index in [2.05, 4.69) is 13.8 Å². The number of rotatable bonds is 5. The highest BCUT2D eigenvalue weighted by Gasteiger charge is 2.33. The first kappa shape index (κ1) is 14.0. The van der Waals surface area contributed by atoms with E-state index in [1.165, 1.54) is 0 Å². The predicted molar refractivity (Wildman–Crippen MR) is 65.4 cm³/mol. The molecule has 16 heavy (non-hydrogen) atoms. The number of hydrogen-bond acceptors (Lipinski definition) is 4. The number of aliphatic hydroxyl groups is 1. The maximum absolute atomic E-state index is 9.06. The first-order valence-electron chi connectivity index (χ1n) is 5.76. The topological polar surface area (TPSA) is 47.9 Å². The van der Waals surface area contributed by atoms with E-state index < -0.39 is 0 Å². The Morgan fingerprint density at radius 1 is 1.38 bits per heavy atom. The second kappa shape index (κ2) is 5.54. The van der Waals surface area contributed by atoms with Gasteiger partial charge in [0.25, 0.3) is 0 Å². The third-order valence-corrected chi connectivity index (χ3v) is 2.49. The highest BCUT2D eigenvalue weighted by Crippen LogP contribution is 2.21. The van der Waals surface area contributed by atoms with Crippen molar-refractivity contribution in [3.8, 4) is 0 Å². The highest BCUT2D eigenvalue weighted by molar-refractivity contribution is 7.02. The van der Waals surface area contributed by atoms with Gasteiger partial charge in [0, 0.05) is 30.7 Å². The Bertz CT molecular complexity index is 211. The summed E-state index contributed by atoms with van der Waals surface area (Å²) in [6.45, 7) is 10.2. The van der Waals surface area contributed by atoms with Gasteiger partial charge in [0.1, 0.15) is 0 Å². The van der Waals surface area contributed by atoms with Gasteiger partial charge in [-0.1, -0.05) is 27.7 Å². The zero-order valence-corrected chi connectivity index (χ0v) is 10.8. The Morgan fingerprint density at radius 3 is 2.44 bits per heavy atom. The van der Waals surface area contributed by atoms with E-state index in [0.717, 1.165) is 0 Å². The molecule has 1 heterocycles. The number of hydrogen-bond donors (Lipinski definition) is 1. The second-order valence-corrected chi connectivity index (χ2v) is 6.05. The SMILES string of the molecule is CC(C)(CO)COBB1OCC(C)(C)CO1. The quantitative estimate of drug-likeness (QED) is 0.693. The van der Waals surface area contributed by atoms with Crippen molar-refractivity contribution in [2.24, 2.45) is 10.8 Å². The minimum atomic E-state index is -0.262. The van der Waals surface area contributed by atoms with Gasteiger partial charge in [0.2, 0.25) is 0 Å². The molecule has 0 bridgehead atoms. The lowest BCUT2D eigenvalue weighted by molar-refractivity contribution is 0.0338. The van der Waals surface area contributed by atoms with Crippen molar-refractivity contribution in [2.45, 2.75) is 27.7 Å². The van der Waals surface area contributed by atoms with Gasteiger partial charge < -0.3 is 19.1 Å². The predicted octanol–water partition coefficient (Wildman–Crippen LogP) is 0.431. The molecule has 4 nitrogen and oxygen atoms in total. The Kier molecular flexibility index (Phi) is 4.86. The van der Waals surface area contributed by atoms with Crippen LogP contribution in [-0.2, 0) is 14.0 Å². The van der Waals surface area contributed by atoms with Crippen molar-refractivity contribution >= 4 is 14.4 Å². The molecule has 0 unspecified atom stereocenters. The molecule has 1 aliphatic rings. The fraction of sp³-hybridized carbons (Fsp3) is 1.00. The summed E-state index contributed by atoms with van der Waals surface area (Å²) in [5.74, 6) is 0. The van der Waals surface area contributed by atoms with E-state index in [0.29, 0.717) is 27.2 Å². The average Bonchev–Trinajstić information content (AvgIpc) is 2.20. The smallest absolute Gasteiger partial charge is 0.440 e. The summed E-state index contributed by atoms with van der Waals surface area (Å²) in [4.78, 5) is 0. The van der Waals surface area contributed by atoms with Gasteiger partial charge in [-0.2, -0.15) is 0 Å². The molecule has 0 saturated carbocycles. The Morgan fingerprint density at radius 2 is 1.94 bits per heavy atom. The van der Waals surface area contributed by atoms with Crippen LogP contribution in [0.5, 0.6) is 0 Å². The van der Waals surface area contributed by atoms with Crippen LogP contribution < -0.4 is 0 Å². The minimum Gasteiger partial charge on any atom is -0.441 e. The molecular formula is C10H22B2O4. The Labute approximate surface area is 99.1 Å². The summed E-state index contributed by atoms with van der Waals surface area (Å²) >= 11 is 0. The molecule has 0 amide bonds. The van der Waals surface area contributed by atoms with E-state index in [-0.39, 0.29) is 24.4 Å². The van der Waals surface area contributed by atoms with Gasteiger partial charge in [-0.05, 0) is 0 Å². The van der Waals surface area contributed by atoms with Crippen molar-refractivity contribution in [1.29, 1.82) is 0 Å². The van der Waals surface area contributed by atoms with Crippen molar-refractivity contribution < 1.29 is 19.1 Å². The zero-order valence-electron chi connectivity index (χ0n) is 10.8. The second-order valence-electron chi connectivity index (χ2n) is 6.05. The Balaban J connectivity index is 2.16. The Hall–Kier alpha value is -0.0301. The van der Waals surface area contributed by atoms with E-state index in [1.54, 1.807) is 0 Å². The van der Waals surface area contributed by atoms with Crippen LogP contribution in [0.4, 0.5) is 0 Å². The molecule has 1 fully saturated rings. The lowest BCUT2D eigenvalue weighted by Gasteiger charge is -2.33. The van der Waals surface area contributed by atoms with Crippen LogP contribution in [0.1, 0.15) is 27.7 Å². The summed E-state index contributed by atoms with van der Waals surface area (Å²) in [5.41, 5.74) is -0.102. The lowest BCUT2D eigenvalue weighted by atomic mass is 9.55. The molecule has 6 heteroatoms. The van der Waals surface area contributed by atoms with E-state index in [1.807, 2.05) is 13.8 Å². The summed E-state index contributed by atoms with van der Waals surface area (Å²) < 4.78 is 16.6. The molecule has 1 rings (SSSR count). The maximum Gasteiger partial charge on any atom is 0.440 e. The van der Waals surface area contributed by atoms with Gasteiger partial charge in [-0.3, -0.25) is 0 Å². The van der Waals surface area contributed by atoms with Crippen molar-refractivity contribution in [1.82, 2.24) is 0 Å². The first-order chi connectivity index (χ1) is 7.35. The molecule has 1 N–H and O–H groups in total. The third-order valence-electron chi connectivity index (χ3n) is 2.49. The van der Waals surface area contributed by atoms with Gasteiger partial charge in [-0.25, -0.2) is 0 Å². The van der Waals surface area contributed by atoms with Crippen LogP contribution in [0.2, 0.25) is 0 Å². The van der Waals surface area contributed by atoms with Crippen molar-refractivity contribution in [3.05, 3.63) is 0 Å². The standard InChI is InChI=1S/C10H22B2O4/c1-9(2,5-13)6-14-11-12-15-7-10(3,4)8-16-12/h11,13H,5-8H2,1-4H3. The van der Waals surface area contributed by atoms with Crippen LogP contribution in [0.15, 0.2) is 0 Å². The number of aliphatic hydroxyl groups excluding tert-OH is 1. The zero-order chi connectivity index (χ0) is 12.2. The maximum atomic E-state index is 9.06. The molecule has 0 aromatic rings. The van der Waals surface area contributed by atoms with E-state index in [4.69, 9.17) is 19.1 Å². The van der Waals surface area contributed by atoms with Crippen LogP contribution in [-0.4, -0.2) is 45.9 Å². The molecule has 0 radical (unpaired) electrons. The molecule has 0 aliphatic carbocycles. The largest absolute Gasteiger partial charge is 0.441 e. The third kappa shape index (κ3) is 4.87. The fourth-order valence-corrected chi connectivity index (χ4v) is 1.30. The van der Waals surface area contributed by atoms with E-state index in [9.17, 15) is 0 Å². The molecule has 0 spiro atoms. The van der Waals surface area contributed by atoms with Gasteiger partial charge in [-0.15, -0.1) is 0 Å². The normalized spacial score (nSPS) is 20.9. The van der Waals surface area contributed by atoms with E-state index >= 15 is 0 Å². The summed E-state index contributed by atoms with van der Waals surface area (Å²) in [6.07, 6.45) is 0. The summed E-state index contributed by atoms with van der Waals surface area (Å²) in [7, 11) is 0.169. The molecule has 0 aromatic carbocycles. The molecule has 0 atom stereocenters. The molecule has 1 saturated heterocycles. The minimum absolute atomic E-state index is 0.0981. The lowest BCUT2D eigenvalue weighted by Crippen LogP contribution is -2.45. The van der Waals surface area contributed by atoms with Crippen LogP contribution in [0.25, 0.3) is 0 Å². The molecular weight excluding hydrogens is 206 g/mol. The molecule has 1 aliphatic heterocycles. The van der Waals surface area contributed by atoms with Crippen LogP contribution in [0.3, 0.4) is 0 Å². The van der Waals surface area contributed by atoms with Crippen molar-refractivity contribution in [3.63, 3.8) is 0 Å². The van der Waals surface area contributed by atoms with Crippen LogP contribution >= 0.6 is 0 Å². The molecule has 92 valence electrons. The van der Waals surface area contributed by atoms with Gasteiger partial charge >= 0.3 is 14.4 Å².